The van der Waals surface area contributed by atoms with E-state index in [2.05, 4.69) is 16.9 Å². The number of ether oxygens (including phenoxy) is 1. The number of hydrogen-bond acceptors (Lipinski definition) is 3. The number of rotatable bonds is 6. The van der Waals surface area contributed by atoms with Crippen molar-refractivity contribution in [2.75, 3.05) is 19.8 Å². The first kappa shape index (κ1) is 16.1. The molecule has 24 heavy (non-hydrogen) atoms. The number of aromatic nitrogens is 2. The van der Waals surface area contributed by atoms with Crippen molar-refractivity contribution >= 4 is 11.6 Å². The predicted octanol–water partition coefficient (Wildman–Crippen LogP) is 3.84. The van der Waals surface area contributed by atoms with Gasteiger partial charge in [0, 0.05) is 31.3 Å². The van der Waals surface area contributed by atoms with Crippen LogP contribution in [0.15, 0.2) is 30.3 Å². The van der Waals surface area contributed by atoms with Gasteiger partial charge in [-0.25, -0.2) is 4.68 Å². The first-order chi connectivity index (χ1) is 11.7. The van der Waals surface area contributed by atoms with Crippen LogP contribution in [0, 0.1) is 12.8 Å². The molecule has 2 aliphatic rings. The van der Waals surface area contributed by atoms with Crippen LogP contribution in [0.4, 0.5) is 0 Å². The van der Waals surface area contributed by atoms with Crippen molar-refractivity contribution in [2.24, 2.45) is 5.92 Å². The van der Waals surface area contributed by atoms with Gasteiger partial charge < -0.3 is 4.74 Å². The van der Waals surface area contributed by atoms with Crippen molar-refractivity contribution in [3.05, 3.63) is 46.7 Å². The average Bonchev–Trinajstić information content (AvgIpc) is 3.25. The smallest absolute Gasteiger partial charge is 0.137 e. The van der Waals surface area contributed by atoms with E-state index < -0.39 is 0 Å². The molecule has 0 unspecified atom stereocenters. The van der Waals surface area contributed by atoms with Gasteiger partial charge in [-0.3, -0.25) is 4.90 Å². The van der Waals surface area contributed by atoms with Crippen LogP contribution >= 0.6 is 11.6 Å². The maximum Gasteiger partial charge on any atom is 0.137 e. The molecule has 1 aliphatic heterocycles. The number of aryl methyl sites for hydroxylation is 1. The van der Waals surface area contributed by atoms with E-state index in [0.717, 1.165) is 48.4 Å². The molecule has 0 radical (unpaired) electrons. The number of nitrogens with zero attached hydrogens (tertiary/aromatic N) is 3. The highest BCUT2D eigenvalue weighted by Crippen LogP contribution is 2.33. The zero-order valence-corrected chi connectivity index (χ0v) is 14.9. The fourth-order valence-corrected chi connectivity index (χ4v) is 3.83. The van der Waals surface area contributed by atoms with Crippen LogP contribution in [0.1, 0.15) is 30.5 Å². The zero-order valence-electron chi connectivity index (χ0n) is 14.1. The second kappa shape index (κ2) is 6.87. The molecule has 0 amide bonds. The van der Waals surface area contributed by atoms with E-state index in [1.54, 1.807) is 0 Å². The van der Waals surface area contributed by atoms with Crippen LogP contribution in [0.5, 0.6) is 0 Å². The minimum absolute atomic E-state index is 0.661. The Morgan fingerprint density at radius 3 is 2.71 bits per heavy atom. The molecule has 0 spiro atoms. The summed E-state index contributed by atoms with van der Waals surface area (Å²) in [6.07, 6.45) is 3.79. The van der Waals surface area contributed by atoms with E-state index in [-0.39, 0.29) is 0 Å². The lowest BCUT2D eigenvalue weighted by atomic mass is 10.1. The number of hydrogen-bond donors (Lipinski definition) is 0. The van der Waals surface area contributed by atoms with E-state index in [9.17, 15) is 0 Å². The van der Waals surface area contributed by atoms with Gasteiger partial charge in [0.05, 0.1) is 18.0 Å². The summed E-state index contributed by atoms with van der Waals surface area (Å²) in [6.45, 7) is 5.87. The summed E-state index contributed by atoms with van der Waals surface area (Å²) in [5, 5.41) is 5.42. The lowest BCUT2D eigenvalue weighted by molar-refractivity contribution is 0.161. The molecule has 1 saturated heterocycles. The highest BCUT2D eigenvalue weighted by molar-refractivity contribution is 6.30. The third kappa shape index (κ3) is 3.37. The quantitative estimate of drug-likeness (QED) is 0.797. The largest absolute Gasteiger partial charge is 0.381 e. The van der Waals surface area contributed by atoms with Gasteiger partial charge in [0.15, 0.2) is 0 Å². The van der Waals surface area contributed by atoms with Crippen LogP contribution in [-0.4, -0.2) is 40.5 Å². The van der Waals surface area contributed by atoms with Gasteiger partial charge in [-0.15, -0.1) is 0 Å². The third-order valence-electron chi connectivity index (χ3n) is 5.06. The molecule has 1 atom stereocenters. The summed E-state index contributed by atoms with van der Waals surface area (Å²) >= 11 is 6.70. The average molecular weight is 346 g/mol. The van der Waals surface area contributed by atoms with Gasteiger partial charge in [0.1, 0.15) is 5.15 Å². The van der Waals surface area contributed by atoms with Crippen molar-refractivity contribution in [1.29, 1.82) is 0 Å². The summed E-state index contributed by atoms with van der Waals surface area (Å²) in [6, 6.07) is 10.8. The van der Waals surface area contributed by atoms with Crippen LogP contribution in [-0.2, 0) is 11.3 Å². The number of halogens is 1. The van der Waals surface area contributed by atoms with Crippen LogP contribution in [0.2, 0.25) is 5.15 Å². The highest BCUT2D eigenvalue weighted by atomic mass is 35.5. The molecule has 2 aromatic rings. The van der Waals surface area contributed by atoms with Gasteiger partial charge in [-0.2, -0.15) is 5.10 Å². The number of para-hydroxylation sites is 1. The monoisotopic (exact) mass is 345 g/mol. The normalized spacial score (nSPS) is 20.9. The summed E-state index contributed by atoms with van der Waals surface area (Å²) in [4.78, 5) is 2.59. The van der Waals surface area contributed by atoms with E-state index in [1.165, 1.54) is 19.3 Å². The first-order valence-electron chi connectivity index (χ1n) is 8.83. The summed E-state index contributed by atoms with van der Waals surface area (Å²) < 4.78 is 7.41. The highest BCUT2D eigenvalue weighted by Gasteiger charge is 2.33. The minimum Gasteiger partial charge on any atom is -0.381 e. The number of benzene rings is 1. The first-order valence-corrected chi connectivity index (χ1v) is 9.21. The molecule has 4 rings (SSSR count). The molecular formula is C19H24ClN3O. The van der Waals surface area contributed by atoms with E-state index in [0.29, 0.717) is 12.0 Å². The Balaban J connectivity index is 1.55. The minimum atomic E-state index is 0.661. The molecule has 4 nitrogen and oxygen atoms in total. The van der Waals surface area contributed by atoms with Crippen molar-refractivity contribution in [3.8, 4) is 5.69 Å². The lowest BCUT2D eigenvalue weighted by Crippen LogP contribution is -2.31. The van der Waals surface area contributed by atoms with Crippen LogP contribution in [0.3, 0.4) is 0 Å². The van der Waals surface area contributed by atoms with Gasteiger partial charge in [-0.05, 0) is 44.2 Å². The standard InChI is InChI=1S/C19H24ClN3O/c1-14-18(19(20)23(21-14)17-5-3-2-4-6-17)12-22(16-7-8-16)11-15-9-10-24-13-15/h2-6,15-16H,7-13H2,1H3/t15-/m0/s1. The molecule has 1 aromatic heterocycles. The Hall–Kier alpha value is -1.36. The van der Waals surface area contributed by atoms with Crippen molar-refractivity contribution in [2.45, 2.75) is 38.8 Å². The van der Waals surface area contributed by atoms with Crippen molar-refractivity contribution in [1.82, 2.24) is 14.7 Å². The lowest BCUT2D eigenvalue weighted by Gasteiger charge is -2.24. The maximum atomic E-state index is 6.70. The molecule has 2 fully saturated rings. The van der Waals surface area contributed by atoms with Crippen molar-refractivity contribution in [3.63, 3.8) is 0 Å². The Labute approximate surface area is 148 Å². The zero-order chi connectivity index (χ0) is 16.5. The van der Waals surface area contributed by atoms with Crippen LogP contribution < -0.4 is 0 Å². The van der Waals surface area contributed by atoms with Crippen molar-refractivity contribution < 1.29 is 4.74 Å². The Morgan fingerprint density at radius 2 is 2.04 bits per heavy atom. The Bertz CT molecular complexity index is 690. The Morgan fingerprint density at radius 1 is 1.25 bits per heavy atom. The third-order valence-corrected chi connectivity index (χ3v) is 5.45. The van der Waals surface area contributed by atoms with Gasteiger partial charge in [0.25, 0.3) is 0 Å². The predicted molar refractivity (Wildman–Crippen MR) is 95.7 cm³/mol. The van der Waals surface area contributed by atoms with Gasteiger partial charge >= 0.3 is 0 Å². The van der Waals surface area contributed by atoms with E-state index in [4.69, 9.17) is 16.3 Å². The van der Waals surface area contributed by atoms with E-state index >= 15 is 0 Å². The molecule has 5 heteroatoms. The molecule has 128 valence electrons. The maximum absolute atomic E-state index is 6.70. The van der Waals surface area contributed by atoms with Gasteiger partial charge in [0.2, 0.25) is 0 Å². The molecule has 1 aliphatic carbocycles. The fraction of sp³-hybridized carbons (Fsp3) is 0.526. The summed E-state index contributed by atoms with van der Waals surface area (Å²) in [5.41, 5.74) is 3.20. The van der Waals surface area contributed by atoms with Gasteiger partial charge in [-0.1, -0.05) is 29.8 Å². The molecule has 0 bridgehead atoms. The molecular weight excluding hydrogens is 322 g/mol. The summed E-state index contributed by atoms with van der Waals surface area (Å²) in [7, 11) is 0. The second-order valence-electron chi connectivity index (χ2n) is 6.99. The Kier molecular flexibility index (Phi) is 4.61. The topological polar surface area (TPSA) is 30.3 Å². The van der Waals surface area contributed by atoms with Crippen LogP contribution in [0.25, 0.3) is 5.69 Å². The molecule has 2 heterocycles. The molecule has 0 N–H and O–H groups in total. The van der Waals surface area contributed by atoms with E-state index in [1.807, 2.05) is 35.0 Å². The molecule has 1 aromatic carbocycles. The molecule has 1 saturated carbocycles. The second-order valence-corrected chi connectivity index (χ2v) is 7.35. The summed E-state index contributed by atoms with van der Waals surface area (Å²) in [5.74, 6) is 0.661. The SMILES string of the molecule is Cc1nn(-c2ccccc2)c(Cl)c1CN(C[C@@H]1CCOC1)C1CC1. The fourth-order valence-electron chi connectivity index (χ4n) is 3.50.